The molecule has 9 nitrogen and oxygen atoms in total. The smallest absolute Gasteiger partial charge is 0.277 e. The van der Waals surface area contributed by atoms with E-state index in [-0.39, 0.29) is 39.5 Å². The molecule has 3 aromatic rings. The number of benzene rings is 1. The van der Waals surface area contributed by atoms with E-state index in [1.807, 2.05) is 0 Å². The van der Waals surface area contributed by atoms with Gasteiger partial charge in [-0.05, 0) is 25.0 Å². The molecule has 2 aromatic heterocycles. The summed E-state index contributed by atoms with van der Waals surface area (Å²) in [4.78, 5) is 17.1. The summed E-state index contributed by atoms with van der Waals surface area (Å²) < 4.78 is 41.3. The molecule has 1 aromatic carbocycles. The first-order chi connectivity index (χ1) is 15.8. The highest BCUT2D eigenvalue weighted by Crippen LogP contribution is 2.35. The summed E-state index contributed by atoms with van der Waals surface area (Å²) in [5.41, 5.74) is 12.7. The number of rotatable bonds is 5. The fraction of sp³-hybridized carbons (Fsp3) is 0.381. The van der Waals surface area contributed by atoms with Crippen LogP contribution in [0.5, 0.6) is 0 Å². The fourth-order valence-corrected chi connectivity index (χ4v) is 4.74. The van der Waals surface area contributed by atoms with Crippen molar-refractivity contribution >= 4 is 27.9 Å². The van der Waals surface area contributed by atoms with E-state index in [1.54, 1.807) is 18.8 Å². The maximum Gasteiger partial charge on any atom is 0.277 e. The van der Waals surface area contributed by atoms with Gasteiger partial charge in [-0.15, -0.1) is 0 Å². The molecule has 0 spiro atoms. The van der Waals surface area contributed by atoms with Gasteiger partial charge in [0.2, 0.25) is 0 Å². The minimum Gasteiger partial charge on any atom is -0.389 e. The zero-order chi connectivity index (χ0) is 23.7. The molecule has 0 aliphatic carbocycles. The highest BCUT2D eigenvalue weighted by molar-refractivity contribution is 7.19. The van der Waals surface area contributed by atoms with Crippen LogP contribution in [0.3, 0.4) is 0 Å². The van der Waals surface area contributed by atoms with Crippen molar-refractivity contribution < 1.29 is 23.0 Å². The van der Waals surface area contributed by atoms with Crippen LogP contribution in [0.2, 0.25) is 0 Å². The lowest BCUT2D eigenvalue weighted by atomic mass is 10.0. The number of amides is 1. The average molecular weight is 479 g/mol. The van der Waals surface area contributed by atoms with Gasteiger partial charge >= 0.3 is 0 Å². The second kappa shape index (κ2) is 9.51. The molecule has 4 rings (SSSR count). The molecule has 12 heteroatoms. The molecule has 1 unspecified atom stereocenters. The summed E-state index contributed by atoms with van der Waals surface area (Å²) in [6.45, 7) is 0.290. The van der Waals surface area contributed by atoms with Crippen LogP contribution < -0.4 is 16.8 Å². The van der Waals surface area contributed by atoms with Gasteiger partial charge < -0.3 is 26.3 Å². The van der Waals surface area contributed by atoms with Gasteiger partial charge in [0.05, 0.1) is 41.9 Å². The molecule has 1 fully saturated rings. The maximum absolute atomic E-state index is 14.1. The molecule has 3 atom stereocenters. The van der Waals surface area contributed by atoms with Gasteiger partial charge in [-0.2, -0.15) is 5.10 Å². The van der Waals surface area contributed by atoms with E-state index in [4.69, 9.17) is 20.9 Å². The van der Waals surface area contributed by atoms with Crippen LogP contribution in [0.1, 0.15) is 35.1 Å². The van der Waals surface area contributed by atoms with Crippen LogP contribution in [0, 0.1) is 11.6 Å². The number of methoxy groups -OCH3 is 1. The molecular formula is C21H24F2N6O3S. The third-order valence-corrected chi connectivity index (χ3v) is 6.47. The van der Waals surface area contributed by atoms with Crippen molar-refractivity contribution in [2.75, 3.05) is 24.8 Å². The Labute approximate surface area is 192 Å². The highest BCUT2D eigenvalue weighted by atomic mass is 32.1. The standard InChI is InChI=1S/C21H24F2N6O3S/c1-29-18(15-7-6-14(31-2)12(24)9-32-15)13(8-26-29)27-20(30)17-19(25)33-21(28-17)16-10(22)4-3-5-11(16)23/h3-5,8,12,14-15H,6-7,9,24-25H2,1-2H3,(H,27,30)/t12-,14-,15?/m0/s1. The molecule has 1 saturated heterocycles. The highest BCUT2D eigenvalue weighted by Gasteiger charge is 2.30. The number of ether oxygens (including phenoxy) is 2. The Morgan fingerprint density at radius 3 is 2.76 bits per heavy atom. The maximum atomic E-state index is 14.1. The Balaban J connectivity index is 1.58. The van der Waals surface area contributed by atoms with E-state index >= 15 is 0 Å². The number of hydrogen-bond donors (Lipinski definition) is 3. The first kappa shape index (κ1) is 23.2. The van der Waals surface area contributed by atoms with Crippen molar-refractivity contribution in [3.63, 3.8) is 0 Å². The molecule has 3 heterocycles. The van der Waals surface area contributed by atoms with Gasteiger partial charge in [-0.3, -0.25) is 9.48 Å². The number of hydrogen-bond acceptors (Lipinski definition) is 8. The summed E-state index contributed by atoms with van der Waals surface area (Å²) in [5, 5.41) is 7.00. The van der Waals surface area contributed by atoms with E-state index in [2.05, 4.69) is 15.4 Å². The quantitative estimate of drug-likeness (QED) is 0.514. The molecule has 0 radical (unpaired) electrons. The monoisotopic (exact) mass is 478 g/mol. The van der Waals surface area contributed by atoms with Crippen LogP contribution >= 0.6 is 11.3 Å². The Morgan fingerprint density at radius 2 is 2.06 bits per heavy atom. The number of carbonyl (C=O) groups excluding carboxylic acids is 1. The van der Waals surface area contributed by atoms with E-state index < -0.39 is 17.5 Å². The predicted molar refractivity (Wildman–Crippen MR) is 120 cm³/mol. The number of anilines is 2. The third kappa shape index (κ3) is 4.60. The zero-order valence-electron chi connectivity index (χ0n) is 18.0. The molecule has 33 heavy (non-hydrogen) atoms. The van der Waals surface area contributed by atoms with Gasteiger partial charge in [-0.1, -0.05) is 17.4 Å². The number of thiazole rings is 1. The number of aryl methyl sites for hydroxylation is 1. The van der Waals surface area contributed by atoms with Gasteiger partial charge in [-0.25, -0.2) is 13.8 Å². The number of aromatic nitrogens is 3. The SMILES string of the molecule is CO[C@H]1CCC(c2c(NC(=O)c3nc(-c4c(F)cccc4F)sc3N)cnn2C)OC[C@@H]1N. The molecule has 5 N–H and O–H groups in total. The van der Waals surface area contributed by atoms with Gasteiger partial charge in [0, 0.05) is 14.2 Å². The summed E-state index contributed by atoms with van der Waals surface area (Å²) in [6.07, 6.45) is 2.29. The number of nitrogens with two attached hydrogens (primary N) is 2. The van der Waals surface area contributed by atoms with Crippen molar-refractivity contribution in [2.24, 2.45) is 12.8 Å². The second-order valence-electron chi connectivity index (χ2n) is 7.69. The lowest BCUT2D eigenvalue weighted by Gasteiger charge is -2.18. The van der Waals surface area contributed by atoms with Crippen molar-refractivity contribution in [3.8, 4) is 10.6 Å². The van der Waals surface area contributed by atoms with E-state index in [1.165, 1.54) is 12.3 Å². The number of nitrogen functional groups attached to an aromatic ring is 1. The summed E-state index contributed by atoms with van der Waals surface area (Å²) in [5.74, 6) is -2.20. The Kier molecular flexibility index (Phi) is 6.70. The summed E-state index contributed by atoms with van der Waals surface area (Å²) >= 11 is 0.830. The molecule has 1 aliphatic rings. The van der Waals surface area contributed by atoms with Crippen LogP contribution in [0.15, 0.2) is 24.4 Å². The summed E-state index contributed by atoms with van der Waals surface area (Å²) in [6, 6.07) is 3.22. The largest absolute Gasteiger partial charge is 0.389 e. The van der Waals surface area contributed by atoms with Crippen LogP contribution in [-0.4, -0.2) is 46.5 Å². The van der Waals surface area contributed by atoms with Gasteiger partial charge in [0.1, 0.15) is 27.7 Å². The Morgan fingerprint density at radius 1 is 1.33 bits per heavy atom. The molecule has 0 saturated carbocycles. The molecule has 1 aliphatic heterocycles. The Bertz CT molecular complexity index is 1150. The first-order valence-electron chi connectivity index (χ1n) is 10.2. The Hall–Kier alpha value is -2.93. The topological polar surface area (TPSA) is 130 Å². The molecule has 1 amide bonds. The van der Waals surface area contributed by atoms with Crippen molar-refractivity contribution in [1.82, 2.24) is 14.8 Å². The number of nitrogens with zero attached hydrogens (tertiary/aromatic N) is 3. The molecule has 0 bridgehead atoms. The van der Waals surface area contributed by atoms with Gasteiger partial charge in [0.15, 0.2) is 5.69 Å². The minimum absolute atomic E-state index is 0.0219. The lowest BCUT2D eigenvalue weighted by molar-refractivity contribution is 0.0319. The van der Waals surface area contributed by atoms with Crippen LogP contribution in [0.25, 0.3) is 10.6 Å². The predicted octanol–water partition coefficient (Wildman–Crippen LogP) is 2.85. The van der Waals surface area contributed by atoms with E-state index in [9.17, 15) is 13.6 Å². The van der Waals surface area contributed by atoms with E-state index in [0.717, 1.165) is 23.5 Å². The zero-order valence-corrected chi connectivity index (χ0v) is 18.9. The lowest BCUT2D eigenvalue weighted by Crippen LogP contribution is -2.38. The molecule has 176 valence electrons. The van der Waals surface area contributed by atoms with Crippen molar-refractivity contribution in [1.29, 1.82) is 0 Å². The van der Waals surface area contributed by atoms with Crippen LogP contribution in [0.4, 0.5) is 19.5 Å². The van der Waals surface area contributed by atoms with Gasteiger partial charge in [0.25, 0.3) is 5.91 Å². The first-order valence-corrected chi connectivity index (χ1v) is 11.1. The van der Waals surface area contributed by atoms with Crippen molar-refractivity contribution in [3.05, 3.63) is 47.4 Å². The second-order valence-corrected chi connectivity index (χ2v) is 8.72. The minimum atomic E-state index is -0.789. The number of nitrogens with one attached hydrogen (secondary N) is 1. The normalized spacial score (nSPS) is 21.1. The summed E-state index contributed by atoms with van der Waals surface area (Å²) in [7, 11) is 3.35. The number of carbonyl (C=O) groups is 1. The molecular weight excluding hydrogens is 454 g/mol. The average Bonchev–Trinajstić information content (AvgIpc) is 3.26. The third-order valence-electron chi connectivity index (χ3n) is 5.57. The van der Waals surface area contributed by atoms with E-state index in [0.29, 0.717) is 30.8 Å². The van der Waals surface area contributed by atoms with Crippen LogP contribution in [-0.2, 0) is 16.5 Å². The fourth-order valence-electron chi connectivity index (χ4n) is 3.87. The van der Waals surface area contributed by atoms with Crippen molar-refractivity contribution in [2.45, 2.75) is 31.1 Å². The number of halogens is 2.